The van der Waals surface area contributed by atoms with Gasteiger partial charge in [-0.2, -0.15) is 8.42 Å². The van der Waals surface area contributed by atoms with Crippen LogP contribution in [0.5, 0.6) is 0 Å². The van der Waals surface area contributed by atoms with Crippen LogP contribution in [0.3, 0.4) is 0 Å². The molecule has 4 aliphatic rings. The van der Waals surface area contributed by atoms with Gasteiger partial charge in [-0.05, 0) is 55.8 Å². The predicted molar refractivity (Wildman–Crippen MR) is 109 cm³/mol. The van der Waals surface area contributed by atoms with Crippen molar-refractivity contribution in [3.8, 4) is 0 Å². The lowest BCUT2D eigenvalue weighted by Gasteiger charge is -2.67. The summed E-state index contributed by atoms with van der Waals surface area (Å²) in [6.07, 6.45) is 0.178. The molecule has 0 radical (unpaired) electrons. The second-order valence-electron chi connectivity index (χ2n) is 10.9. The highest BCUT2D eigenvalue weighted by molar-refractivity contribution is 7.86. The summed E-state index contributed by atoms with van der Waals surface area (Å²) >= 11 is 0. The molecule has 10 nitrogen and oxygen atoms in total. The van der Waals surface area contributed by atoms with Crippen molar-refractivity contribution in [2.24, 2.45) is 34.5 Å². The lowest BCUT2D eigenvalue weighted by atomic mass is 9.42. The van der Waals surface area contributed by atoms with Crippen LogP contribution >= 0.6 is 0 Å². The van der Waals surface area contributed by atoms with Crippen molar-refractivity contribution in [1.82, 2.24) is 0 Å². The molecule has 4 fully saturated rings. The van der Waals surface area contributed by atoms with Crippen LogP contribution < -0.4 is 0 Å². The smallest absolute Gasteiger partial charge is 0.292 e. The van der Waals surface area contributed by atoms with Crippen LogP contribution in [0.25, 0.3) is 0 Å². The fraction of sp³-hybridized carbons (Fsp3) is 0.952. The molecule has 0 amide bonds. The Kier molecular flexibility index (Phi) is 5.31. The largest absolute Gasteiger partial charge is 0.393 e. The summed E-state index contributed by atoms with van der Waals surface area (Å²) in [4.78, 5) is 12.6. The van der Waals surface area contributed by atoms with Gasteiger partial charge in [-0.25, -0.2) is 4.18 Å². The van der Waals surface area contributed by atoms with Gasteiger partial charge in [-0.3, -0.25) is 4.79 Å². The van der Waals surface area contributed by atoms with Gasteiger partial charge in [0.1, 0.15) is 5.78 Å². The molecule has 6 N–H and O–H groups in total. The topological polar surface area (TPSA) is 182 Å². The maximum Gasteiger partial charge on any atom is 0.292 e. The Bertz CT molecular complexity index is 916. The standard InChI is InChI=1S/C21H34O10S/c1-4-32(29,30)31-21(28)19(24,25)10-18(3)13-7-8-17(2)12(5-6-15(17)23)11(13)9-14(22)16(18)20(21,26)27/h11-14,16,22,24-28H,4-10H2,1-3H3. The van der Waals surface area contributed by atoms with E-state index in [1.54, 1.807) is 6.92 Å². The maximum absolute atomic E-state index is 12.6. The van der Waals surface area contributed by atoms with Crippen LogP contribution in [0.15, 0.2) is 0 Å². The molecule has 0 aliphatic heterocycles. The first kappa shape index (κ1) is 24.5. The van der Waals surface area contributed by atoms with E-state index in [2.05, 4.69) is 4.18 Å². The van der Waals surface area contributed by atoms with Gasteiger partial charge >= 0.3 is 0 Å². The van der Waals surface area contributed by atoms with Crippen molar-refractivity contribution < 1.29 is 48.0 Å². The van der Waals surface area contributed by atoms with Gasteiger partial charge in [-0.15, -0.1) is 0 Å². The highest BCUT2D eigenvalue weighted by Gasteiger charge is 2.79. The molecule has 0 aromatic carbocycles. The van der Waals surface area contributed by atoms with E-state index in [0.717, 1.165) is 0 Å². The number of hydrogen-bond acceptors (Lipinski definition) is 10. The van der Waals surface area contributed by atoms with Crippen LogP contribution in [0, 0.1) is 34.5 Å². The number of ketones is 1. The van der Waals surface area contributed by atoms with E-state index in [1.165, 1.54) is 6.92 Å². The van der Waals surface area contributed by atoms with Crippen LogP contribution in [0.2, 0.25) is 0 Å². The van der Waals surface area contributed by atoms with Crippen molar-refractivity contribution in [2.75, 3.05) is 5.75 Å². The minimum atomic E-state index is -4.55. The van der Waals surface area contributed by atoms with E-state index >= 15 is 0 Å². The molecular weight excluding hydrogens is 444 g/mol. The third kappa shape index (κ3) is 2.95. The number of aliphatic hydroxyl groups excluding tert-OH is 1. The van der Waals surface area contributed by atoms with Crippen molar-refractivity contribution >= 4 is 15.9 Å². The van der Waals surface area contributed by atoms with Crippen LogP contribution in [0.4, 0.5) is 0 Å². The number of carbonyl (C=O) groups excluding carboxylic acids is 1. The molecule has 8 atom stereocenters. The lowest BCUT2D eigenvalue weighted by Crippen LogP contribution is -2.81. The molecule has 0 aromatic heterocycles. The zero-order valence-corrected chi connectivity index (χ0v) is 19.4. The summed E-state index contributed by atoms with van der Waals surface area (Å²) in [5.41, 5.74) is -1.82. The van der Waals surface area contributed by atoms with Gasteiger partial charge in [-0.1, -0.05) is 13.8 Å². The lowest BCUT2D eigenvalue weighted by molar-refractivity contribution is -0.496. The molecule has 0 aromatic rings. The van der Waals surface area contributed by atoms with Gasteiger partial charge < -0.3 is 30.6 Å². The van der Waals surface area contributed by atoms with E-state index < -0.39 is 62.5 Å². The molecule has 184 valence electrons. The van der Waals surface area contributed by atoms with Crippen LogP contribution in [-0.4, -0.2) is 74.1 Å². The molecule has 0 bridgehead atoms. The highest BCUT2D eigenvalue weighted by atomic mass is 32.2. The van der Waals surface area contributed by atoms with E-state index in [9.17, 15) is 43.9 Å². The second-order valence-corrected chi connectivity index (χ2v) is 12.7. The average Bonchev–Trinajstić information content (AvgIpc) is 2.94. The van der Waals surface area contributed by atoms with Crippen molar-refractivity contribution in [3.63, 3.8) is 0 Å². The van der Waals surface area contributed by atoms with Gasteiger partial charge in [0.2, 0.25) is 11.6 Å². The minimum Gasteiger partial charge on any atom is -0.393 e. The zero-order valence-electron chi connectivity index (χ0n) is 18.6. The van der Waals surface area contributed by atoms with Gasteiger partial charge in [0.15, 0.2) is 0 Å². The van der Waals surface area contributed by atoms with Crippen LogP contribution in [0.1, 0.15) is 59.3 Å². The molecule has 4 rings (SSSR count). The summed E-state index contributed by atoms with van der Waals surface area (Å²) in [5, 5.41) is 65.8. The summed E-state index contributed by atoms with van der Waals surface area (Å²) in [5.74, 6) is -13.1. The van der Waals surface area contributed by atoms with E-state index in [1.807, 2.05) is 6.92 Å². The molecular formula is C21H34O10S. The number of rotatable bonds is 3. The summed E-state index contributed by atoms with van der Waals surface area (Å²) in [6, 6.07) is 0. The number of carbonyl (C=O) groups is 1. The molecule has 8 unspecified atom stereocenters. The number of hydrogen-bond donors (Lipinski definition) is 6. The second kappa shape index (κ2) is 6.94. The first-order valence-electron chi connectivity index (χ1n) is 11.2. The molecule has 0 spiro atoms. The third-order valence-corrected chi connectivity index (χ3v) is 10.5. The number of fused-ring (bicyclic) bond motifs is 5. The fourth-order valence-corrected chi connectivity index (χ4v) is 8.53. The van der Waals surface area contributed by atoms with Crippen LogP contribution in [-0.2, 0) is 19.1 Å². The first-order valence-corrected chi connectivity index (χ1v) is 12.8. The first-order chi connectivity index (χ1) is 14.5. The summed E-state index contributed by atoms with van der Waals surface area (Å²) in [6.45, 7) is 4.70. The third-order valence-electron chi connectivity index (χ3n) is 9.31. The fourth-order valence-electron chi connectivity index (χ4n) is 7.79. The zero-order chi connectivity index (χ0) is 24.1. The Hall–Kier alpha value is -0.660. The van der Waals surface area contributed by atoms with E-state index in [-0.39, 0.29) is 30.0 Å². The monoisotopic (exact) mass is 478 g/mol. The Labute approximate surface area is 187 Å². The summed E-state index contributed by atoms with van der Waals surface area (Å²) in [7, 11) is -4.55. The van der Waals surface area contributed by atoms with Gasteiger partial charge in [0.05, 0.1) is 17.8 Å². The summed E-state index contributed by atoms with van der Waals surface area (Å²) < 4.78 is 28.7. The molecule has 0 heterocycles. The predicted octanol–water partition coefficient (Wildman–Crippen LogP) is -0.794. The number of aliphatic hydroxyl groups is 6. The van der Waals surface area contributed by atoms with Gasteiger partial charge in [0, 0.05) is 18.3 Å². The molecule has 4 aliphatic carbocycles. The minimum absolute atomic E-state index is 0.0303. The van der Waals surface area contributed by atoms with Crippen molar-refractivity contribution in [3.05, 3.63) is 0 Å². The number of Topliss-reactive ketones (excluding diaryl/α,β-unsaturated/α-hetero) is 1. The quantitative estimate of drug-likeness (QED) is 0.222. The average molecular weight is 479 g/mol. The Morgan fingerprint density at radius 2 is 1.69 bits per heavy atom. The normalized spacial score (nSPS) is 49.8. The van der Waals surface area contributed by atoms with E-state index in [4.69, 9.17) is 0 Å². The Morgan fingerprint density at radius 1 is 1.06 bits per heavy atom. The molecule has 11 heteroatoms. The molecule has 32 heavy (non-hydrogen) atoms. The van der Waals surface area contributed by atoms with E-state index in [0.29, 0.717) is 25.7 Å². The van der Waals surface area contributed by atoms with Crippen molar-refractivity contribution in [2.45, 2.75) is 82.8 Å². The molecule has 0 saturated heterocycles. The Balaban J connectivity index is 1.79. The van der Waals surface area contributed by atoms with Gasteiger partial charge in [0.25, 0.3) is 15.9 Å². The highest BCUT2D eigenvalue weighted by Crippen LogP contribution is 2.68. The van der Waals surface area contributed by atoms with Crippen molar-refractivity contribution in [1.29, 1.82) is 0 Å². The maximum atomic E-state index is 12.6. The SMILES string of the molecule is CCS(=O)(=O)OC1(O)C(O)(O)CC2(C)C3CCC4(C)C(=O)CCC4C3CC(O)C2C1(O)O. The molecule has 4 saturated carbocycles. The Morgan fingerprint density at radius 3 is 2.28 bits per heavy atom.